The normalized spacial score (nSPS) is 14.5. The van der Waals surface area contributed by atoms with Gasteiger partial charge in [-0.25, -0.2) is 4.98 Å². The van der Waals surface area contributed by atoms with Crippen LogP contribution in [0.1, 0.15) is 5.56 Å². The Hall–Kier alpha value is -2.89. The molecule has 3 heterocycles. The van der Waals surface area contributed by atoms with Gasteiger partial charge in [-0.1, -0.05) is 18.2 Å². The molecular formula is C22H29IN8O. The van der Waals surface area contributed by atoms with Gasteiger partial charge < -0.3 is 20.0 Å². The number of aryl methyl sites for hydroxylation is 1. The SMILES string of the molecule is CN=C(NCc1cc(N(C)C)nc2ccccc12)N1CCN(c2cnn(C)c2)C(=O)C1.I. The second-order valence-electron chi connectivity index (χ2n) is 7.79. The summed E-state index contributed by atoms with van der Waals surface area (Å²) in [6.45, 7) is 2.15. The fourth-order valence-corrected chi connectivity index (χ4v) is 3.79. The molecule has 1 aliphatic heterocycles. The van der Waals surface area contributed by atoms with Gasteiger partial charge in [-0.2, -0.15) is 5.10 Å². The lowest BCUT2D eigenvalue weighted by molar-refractivity contribution is -0.120. The summed E-state index contributed by atoms with van der Waals surface area (Å²) < 4.78 is 1.70. The van der Waals surface area contributed by atoms with Crippen LogP contribution in [-0.4, -0.2) is 72.3 Å². The Labute approximate surface area is 205 Å². The van der Waals surface area contributed by atoms with Gasteiger partial charge in [-0.15, -0.1) is 24.0 Å². The summed E-state index contributed by atoms with van der Waals surface area (Å²) in [4.78, 5) is 27.7. The van der Waals surface area contributed by atoms with Crippen LogP contribution in [0.4, 0.5) is 11.5 Å². The van der Waals surface area contributed by atoms with Crippen molar-refractivity contribution < 1.29 is 4.79 Å². The summed E-state index contributed by atoms with van der Waals surface area (Å²) in [7, 11) is 7.57. The monoisotopic (exact) mass is 548 g/mol. The van der Waals surface area contributed by atoms with Crippen LogP contribution in [-0.2, 0) is 18.4 Å². The summed E-state index contributed by atoms with van der Waals surface area (Å²) in [5.41, 5.74) is 2.92. The molecule has 2 aromatic heterocycles. The zero-order chi connectivity index (χ0) is 22.0. The third kappa shape index (κ3) is 4.95. The van der Waals surface area contributed by atoms with Crippen LogP contribution in [0.5, 0.6) is 0 Å². The predicted molar refractivity (Wildman–Crippen MR) is 139 cm³/mol. The van der Waals surface area contributed by atoms with Gasteiger partial charge in [-0.3, -0.25) is 14.5 Å². The van der Waals surface area contributed by atoms with Gasteiger partial charge in [0.1, 0.15) is 12.4 Å². The number of para-hydroxylation sites is 1. The predicted octanol–water partition coefficient (Wildman–Crippen LogP) is 2.08. The number of fused-ring (bicyclic) bond motifs is 1. The Balaban J connectivity index is 0.00000289. The maximum absolute atomic E-state index is 12.8. The van der Waals surface area contributed by atoms with Crippen LogP contribution in [0.15, 0.2) is 47.7 Å². The average molecular weight is 548 g/mol. The molecule has 9 nitrogen and oxygen atoms in total. The number of benzene rings is 1. The van der Waals surface area contributed by atoms with Crippen molar-refractivity contribution in [3.63, 3.8) is 0 Å². The second-order valence-corrected chi connectivity index (χ2v) is 7.79. The smallest absolute Gasteiger partial charge is 0.246 e. The number of hydrogen-bond acceptors (Lipinski definition) is 5. The van der Waals surface area contributed by atoms with E-state index < -0.39 is 0 Å². The fraction of sp³-hybridized carbons (Fsp3) is 0.364. The van der Waals surface area contributed by atoms with Crippen molar-refractivity contribution in [1.82, 2.24) is 25.0 Å². The van der Waals surface area contributed by atoms with Gasteiger partial charge in [-0.05, 0) is 17.7 Å². The molecule has 32 heavy (non-hydrogen) atoms. The summed E-state index contributed by atoms with van der Waals surface area (Å²) in [6.07, 6.45) is 3.58. The minimum atomic E-state index is 0. The van der Waals surface area contributed by atoms with E-state index in [2.05, 4.69) is 27.5 Å². The number of nitrogens with zero attached hydrogens (tertiary/aromatic N) is 7. The van der Waals surface area contributed by atoms with Crippen LogP contribution in [0.25, 0.3) is 10.9 Å². The molecule has 0 atom stereocenters. The van der Waals surface area contributed by atoms with E-state index in [1.54, 1.807) is 22.8 Å². The van der Waals surface area contributed by atoms with E-state index in [1.165, 1.54) is 0 Å². The first-order chi connectivity index (χ1) is 15.0. The maximum atomic E-state index is 12.8. The number of nitrogens with one attached hydrogen (secondary N) is 1. The van der Waals surface area contributed by atoms with E-state index in [4.69, 9.17) is 4.98 Å². The zero-order valence-corrected chi connectivity index (χ0v) is 21.1. The Kier molecular flexibility index (Phi) is 7.54. The molecule has 1 saturated heterocycles. The van der Waals surface area contributed by atoms with Gasteiger partial charge in [0.15, 0.2) is 5.96 Å². The van der Waals surface area contributed by atoms with Crippen molar-refractivity contribution in [2.24, 2.45) is 12.0 Å². The molecule has 3 aromatic rings. The Bertz CT molecular complexity index is 1130. The number of guanidine groups is 1. The lowest BCUT2D eigenvalue weighted by atomic mass is 10.1. The highest BCUT2D eigenvalue weighted by molar-refractivity contribution is 14.0. The number of aliphatic imine (C=N–C) groups is 1. The molecule has 1 aromatic carbocycles. The molecule has 0 bridgehead atoms. The van der Waals surface area contributed by atoms with E-state index in [-0.39, 0.29) is 36.4 Å². The first-order valence-corrected chi connectivity index (χ1v) is 10.3. The Morgan fingerprint density at radius 2 is 2.03 bits per heavy atom. The highest BCUT2D eigenvalue weighted by Crippen LogP contribution is 2.22. The van der Waals surface area contributed by atoms with E-state index in [0.29, 0.717) is 25.6 Å². The average Bonchev–Trinajstić information content (AvgIpc) is 3.19. The highest BCUT2D eigenvalue weighted by atomic mass is 127. The minimum absolute atomic E-state index is 0. The molecule has 1 fully saturated rings. The molecule has 0 spiro atoms. The second kappa shape index (κ2) is 10.2. The molecule has 1 amide bonds. The van der Waals surface area contributed by atoms with Crippen molar-refractivity contribution in [1.29, 1.82) is 0 Å². The largest absolute Gasteiger partial charge is 0.363 e. The van der Waals surface area contributed by atoms with Crippen LogP contribution >= 0.6 is 24.0 Å². The lowest BCUT2D eigenvalue weighted by Gasteiger charge is -2.35. The quantitative estimate of drug-likeness (QED) is 0.306. The van der Waals surface area contributed by atoms with Crippen molar-refractivity contribution in [2.75, 3.05) is 50.6 Å². The maximum Gasteiger partial charge on any atom is 0.246 e. The van der Waals surface area contributed by atoms with Crippen LogP contribution < -0.4 is 15.1 Å². The van der Waals surface area contributed by atoms with Gasteiger partial charge in [0, 0.05) is 59.4 Å². The highest BCUT2D eigenvalue weighted by Gasteiger charge is 2.27. The van der Waals surface area contributed by atoms with E-state index in [9.17, 15) is 4.79 Å². The van der Waals surface area contributed by atoms with E-state index in [0.717, 1.165) is 28.0 Å². The number of hydrogen-bond donors (Lipinski definition) is 1. The summed E-state index contributed by atoms with van der Waals surface area (Å²) in [6, 6.07) is 10.2. The summed E-state index contributed by atoms with van der Waals surface area (Å²) in [5, 5.41) is 8.71. The first-order valence-electron chi connectivity index (χ1n) is 10.3. The lowest BCUT2D eigenvalue weighted by Crippen LogP contribution is -2.55. The number of anilines is 2. The summed E-state index contributed by atoms with van der Waals surface area (Å²) >= 11 is 0. The van der Waals surface area contributed by atoms with Crippen LogP contribution in [0.2, 0.25) is 0 Å². The number of halogens is 1. The van der Waals surface area contributed by atoms with Crippen LogP contribution in [0.3, 0.4) is 0 Å². The van der Waals surface area contributed by atoms with Crippen LogP contribution in [0, 0.1) is 0 Å². The number of pyridine rings is 1. The topological polar surface area (TPSA) is 81.9 Å². The number of aromatic nitrogens is 3. The van der Waals surface area contributed by atoms with Gasteiger partial charge in [0.2, 0.25) is 5.91 Å². The van der Waals surface area contributed by atoms with Gasteiger partial charge in [0.25, 0.3) is 0 Å². The molecule has 10 heteroatoms. The molecule has 4 rings (SSSR count). The number of piperazine rings is 1. The Morgan fingerprint density at radius 1 is 1.25 bits per heavy atom. The Morgan fingerprint density at radius 3 is 2.69 bits per heavy atom. The molecule has 0 aliphatic carbocycles. The van der Waals surface area contributed by atoms with Crippen molar-refractivity contribution >= 4 is 58.3 Å². The minimum Gasteiger partial charge on any atom is -0.363 e. The van der Waals surface area contributed by atoms with E-state index >= 15 is 0 Å². The van der Waals surface area contributed by atoms with Gasteiger partial charge >= 0.3 is 0 Å². The third-order valence-electron chi connectivity index (χ3n) is 5.42. The van der Waals surface area contributed by atoms with Gasteiger partial charge in [0.05, 0.1) is 17.4 Å². The fourth-order valence-electron chi connectivity index (χ4n) is 3.79. The third-order valence-corrected chi connectivity index (χ3v) is 5.42. The van der Waals surface area contributed by atoms with Crippen molar-refractivity contribution in [2.45, 2.75) is 6.54 Å². The molecule has 170 valence electrons. The van der Waals surface area contributed by atoms with E-state index in [1.807, 2.05) is 55.3 Å². The standard InChI is InChI=1S/C22H28N8O.HI/c1-23-22(29-9-10-30(21(31)15-29)17-13-25-28(4)14-17)24-12-16-11-20(27(2)3)26-19-8-6-5-7-18(16)19;/h5-8,11,13-14H,9-10,12,15H2,1-4H3,(H,23,24);1H. The molecule has 1 aliphatic rings. The molecule has 1 N–H and O–H groups in total. The summed E-state index contributed by atoms with van der Waals surface area (Å²) in [5.74, 6) is 1.66. The number of amides is 1. The molecular weight excluding hydrogens is 519 g/mol. The molecule has 0 radical (unpaired) electrons. The molecule has 0 unspecified atom stereocenters. The zero-order valence-electron chi connectivity index (χ0n) is 18.8. The van der Waals surface area contributed by atoms with Crippen molar-refractivity contribution in [3.05, 3.63) is 48.3 Å². The van der Waals surface area contributed by atoms with Crippen molar-refractivity contribution in [3.8, 4) is 0 Å². The first kappa shape index (κ1) is 23.8. The number of carbonyl (C=O) groups is 1. The number of carbonyl (C=O) groups excluding carboxylic acids is 1. The number of rotatable bonds is 4. The molecule has 0 saturated carbocycles.